The molecule has 1 unspecified atom stereocenters. The Morgan fingerprint density at radius 2 is 2.00 bits per heavy atom. The lowest BCUT2D eigenvalue weighted by Gasteiger charge is -2.31. The lowest BCUT2D eigenvalue weighted by atomic mass is 9.90. The van der Waals surface area contributed by atoms with Crippen LogP contribution >= 0.6 is 22.6 Å². The summed E-state index contributed by atoms with van der Waals surface area (Å²) < 4.78 is 1.12. The Labute approximate surface area is 125 Å². The van der Waals surface area contributed by atoms with Crippen molar-refractivity contribution >= 4 is 40.3 Å². The fourth-order valence-corrected chi connectivity index (χ4v) is 2.77. The Hall–Kier alpha value is -1.60. The zero-order valence-corrected chi connectivity index (χ0v) is 12.3. The molecule has 96 valence electrons. The van der Waals surface area contributed by atoms with Crippen LogP contribution in [0.5, 0.6) is 0 Å². The zero-order chi connectivity index (χ0) is 13.5. The number of benzene rings is 2. The van der Waals surface area contributed by atoms with Crippen molar-refractivity contribution in [2.75, 3.05) is 11.1 Å². The Bertz CT molecular complexity index is 668. The van der Waals surface area contributed by atoms with Crippen LogP contribution in [-0.2, 0) is 5.66 Å². The van der Waals surface area contributed by atoms with Crippen LogP contribution in [0.4, 0.5) is 11.4 Å². The molecule has 5 heteroatoms. The lowest BCUT2D eigenvalue weighted by Crippen LogP contribution is -2.39. The highest BCUT2D eigenvalue weighted by Crippen LogP contribution is 2.37. The minimum Gasteiger partial charge on any atom is -0.399 e. The van der Waals surface area contributed by atoms with Gasteiger partial charge in [0, 0.05) is 20.5 Å². The van der Waals surface area contributed by atoms with Gasteiger partial charge in [0.05, 0.1) is 6.34 Å². The van der Waals surface area contributed by atoms with Crippen molar-refractivity contribution in [3.05, 3.63) is 57.2 Å². The molecule has 1 aliphatic heterocycles. The van der Waals surface area contributed by atoms with E-state index in [2.05, 4.69) is 32.9 Å². The van der Waals surface area contributed by atoms with Gasteiger partial charge in [-0.25, -0.2) is 4.99 Å². The first-order chi connectivity index (χ1) is 9.09. The van der Waals surface area contributed by atoms with Crippen LogP contribution in [0.15, 0.2) is 47.5 Å². The molecule has 1 atom stereocenters. The molecule has 5 N–H and O–H groups in total. The van der Waals surface area contributed by atoms with E-state index in [1.54, 1.807) is 6.34 Å². The summed E-state index contributed by atoms with van der Waals surface area (Å²) in [7, 11) is 0. The standard InChI is InChI=1S/C14H13IN4/c15-10-3-1-2-9(6-10)14(17)12-7-11(16)4-5-13(12)18-8-19-14/h1-8H,16-17H2,(H,18,19). The highest BCUT2D eigenvalue weighted by molar-refractivity contribution is 14.1. The maximum absolute atomic E-state index is 6.53. The number of nitrogens with one attached hydrogen (secondary N) is 1. The van der Waals surface area contributed by atoms with Crippen LogP contribution in [0, 0.1) is 3.57 Å². The van der Waals surface area contributed by atoms with Gasteiger partial charge in [-0.2, -0.15) is 0 Å². The summed E-state index contributed by atoms with van der Waals surface area (Å²) in [5, 5.41) is 3.10. The van der Waals surface area contributed by atoms with Gasteiger partial charge in [0.1, 0.15) is 0 Å². The van der Waals surface area contributed by atoms with E-state index in [9.17, 15) is 0 Å². The van der Waals surface area contributed by atoms with Gasteiger partial charge in [-0.15, -0.1) is 0 Å². The fourth-order valence-electron chi connectivity index (χ4n) is 2.23. The van der Waals surface area contributed by atoms with Crippen molar-refractivity contribution in [2.24, 2.45) is 10.7 Å². The third-order valence-electron chi connectivity index (χ3n) is 3.21. The van der Waals surface area contributed by atoms with Gasteiger partial charge in [0.15, 0.2) is 5.66 Å². The molecular weight excluding hydrogens is 351 g/mol. The quantitative estimate of drug-likeness (QED) is 0.538. The molecule has 0 saturated carbocycles. The molecule has 2 aromatic rings. The molecule has 0 spiro atoms. The van der Waals surface area contributed by atoms with Crippen molar-refractivity contribution in [2.45, 2.75) is 5.66 Å². The van der Waals surface area contributed by atoms with E-state index >= 15 is 0 Å². The number of fused-ring (bicyclic) bond motifs is 1. The monoisotopic (exact) mass is 364 g/mol. The summed E-state index contributed by atoms with van der Waals surface area (Å²) in [6.45, 7) is 0. The van der Waals surface area contributed by atoms with E-state index < -0.39 is 5.66 Å². The first kappa shape index (κ1) is 12.4. The number of rotatable bonds is 1. The molecule has 0 fully saturated rings. The van der Waals surface area contributed by atoms with Gasteiger partial charge in [0.2, 0.25) is 0 Å². The van der Waals surface area contributed by atoms with Crippen LogP contribution in [-0.4, -0.2) is 6.34 Å². The number of halogens is 1. The molecule has 0 amide bonds. The number of aliphatic imine (C=N–C) groups is 1. The lowest BCUT2D eigenvalue weighted by molar-refractivity contribution is 0.571. The van der Waals surface area contributed by atoms with Gasteiger partial charge in [0.25, 0.3) is 0 Å². The molecule has 0 radical (unpaired) electrons. The van der Waals surface area contributed by atoms with E-state index in [-0.39, 0.29) is 0 Å². The van der Waals surface area contributed by atoms with Gasteiger partial charge in [-0.05, 0) is 58.5 Å². The van der Waals surface area contributed by atoms with Crippen molar-refractivity contribution in [1.82, 2.24) is 0 Å². The van der Waals surface area contributed by atoms with Crippen molar-refractivity contribution < 1.29 is 0 Å². The van der Waals surface area contributed by atoms with Gasteiger partial charge >= 0.3 is 0 Å². The summed E-state index contributed by atoms with van der Waals surface area (Å²) in [6.07, 6.45) is 1.64. The van der Waals surface area contributed by atoms with Crippen LogP contribution in [0.2, 0.25) is 0 Å². The molecule has 1 aliphatic rings. The van der Waals surface area contributed by atoms with Crippen LogP contribution in [0.25, 0.3) is 0 Å². The highest BCUT2D eigenvalue weighted by atomic mass is 127. The van der Waals surface area contributed by atoms with Crippen molar-refractivity contribution in [3.8, 4) is 0 Å². The molecule has 19 heavy (non-hydrogen) atoms. The zero-order valence-electron chi connectivity index (χ0n) is 10.1. The van der Waals surface area contributed by atoms with Crippen LogP contribution in [0.3, 0.4) is 0 Å². The molecule has 0 aromatic heterocycles. The smallest absolute Gasteiger partial charge is 0.163 e. The molecule has 0 aliphatic carbocycles. The molecule has 0 bridgehead atoms. The first-order valence-corrected chi connectivity index (χ1v) is 6.92. The topological polar surface area (TPSA) is 76.4 Å². The average Bonchev–Trinajstić information content (AvgIpc) is 2.40. The van der Waals surface area contributed by atoms with Gasteiger partial charge < -0.3 is 11.1 Å². The van der Waals surface area contributed by atoms with E-state index in [4.69, 9.17) is 11.5 Å². The highest BCUT2D eigenvalue weighted by Gasteiger charge is 2.33. The largest absolute Gasteiger partial charge is 0.399 e. The number of nitrogens with two attached hydrogens (primary N) is 2. The minimum absolute atomic E-state index is 0.679. The second-order valence-corrected chi connectivity index (χ2v) is 5.73. The summed E-state index contributed by atoms with van der Waals surface area (Å²) in [4.78, 5) is 4.44. The first-order valence-electron chi connectivity index (χ1n) is 5.85. The van der Waals surface area contributed by atoms with E-state index in [1.807, 2.05) is 42.5 Å². The SMILES string of the molecule is Nc1ccc2c(c1)C(N)(c1cccc(I)c1)N=CN2. The normalized spacial score (nSPS) is 20.7. The second kappa shape index (κ2) is 4.50. The molecule has 3 rings (SSSR count). The van der Waals surface area contributed by atoms with Crippen molar-refractivity contribution in [3.63, 3.8) is 0 Å². The summed E-state index contributed by atoms with van der Waals surface area (Å²) in [5.74, 6) is 0. The number of nitrogen functional groups attached to an aromatic ring is 1. The van der Waals surface area contributed by atoms with Gasteiger partial charge in [-0.3, -0.25) is 5.73 Å². The van der Waals surface area contributed by atoms with E-state index in [0.717, 1.165) is 20.4 Å². The second-order valence-electron chi connectivity index (χ2n) is 4.48. The van der Waals surface area contributed by atoms with Crippen molar-refractivity contribution in [1.29, 1.82) is 0 Å². The van der Waals surface area contributed by atoms with E-state index in [1.165, 1.54) is 0 Å². The maximum atomic E-state index is 6.53. The Balaban J connectivity index is 2.22. The van der Waals surface area contributed by atoms with E-state index in [0.29, 0.717) is 5.69 Å². The predicted octanol–water partition coefficient (Wildman–Crippen LogP) is 2.49. The third kappa shape index (κ3) is 2.08. The molecular formula is C14H13IN4. The number of anilines is 2. The van der Waals surface area contributed by atoms with Crippen LogP contribution < -0.4 is 16.8 Å². The molecule has 4 nitrogen and oxygen atoms in total. The average molecular weight is 364 g/mol. The Morgan fingerprint density at radius 3 is 2.79 bits per heavy atom. The maximum Gasteiger partial charge on any atom is 0.163 e. The number of hydrogen-bond donors (Lipinski definition) is 3. The number of hydrogen-bond acceptors (Lipinski definition) is 4. The fraction of sp³-hybridized carbons (Fsp3) is 0.0714. The summed E-state index contributed by atoms with van der Waals surface area (Å²) in [6, 6.07) is 13.7. The third-order valence-corrected chi connectivity index (χ3v) is 3.88. The Morgan fingerprint density at radius 1 is 1.16 bits per heavy atom. The van der Waals surface area contributed by atoms with Gasteiger partial charge in [-0.1, -0.05) is 12.1 Å². The molecule has 0 saturated heterocycles. The summed E-state index contributed by atoms with van der Waals surface area (Å²) >= 11 is 2.27. The van der Waals surface area contributed by atoms with Crippen LogP contribution in [0.1, 0.15) is 11.1 Å². The minimum atomic E-state index is -0.892. The summed E-state index contributed by atoms with van der Waals surface area (Å²) in [5.41, 5.74) is 15.0. The predicted molar refractivity (Wildman–Crippen MR) is 87.1 cm³/mol. The number of nitrogens with zero attached hydrogens (tertiary/aromatic N) is 1. The Kier molecular flexibility index (Phi) is 2.94. The molecule has 2 aromatic carbocycles. The molecule has 1 heterocycles.